The Balaban J connectivity index is 2.39. The normalized spacial score (nSPS) is 11.0. The summed E-state index contributed by atoms with van der Waals surface area (Å²) in [5.41, 5.74) is 4.44. The zero-order valence-electron chi connectivity index (χ0n) is 10.1. The van der Waals surface area contributed by atoms with Gasteiger partial charge < -0.3 is 0 Å². The van der Waals surface area contributed by atoms with E-state index in [-0.39, 0.29) is 0 Å². The Hall–Kier alpha value is -1.80. The molecule has 0 saturated carbocycles. The number of rotatable bonds is 2. The molecule has 0 aliphatic heterocycles. The summed E-state index contributed by atoms with van der Waals surface area (Å²) in [7, 11) is 0. The second kappa shape index (κ2) is 4.46. The van der Waals surface area contributed by atoms with E-state index in [9.17, 15) is 0 Å². The van der Waals surface area contributed by atoms with Gasteiger partial charge in [-0.2, -0.15) is 0 Å². The topological polar surface area (TPSA) is 17.8 Å². The molecule has 3 heteroatoms. The highest BCUT2D eigenvalue weighted by molar-refractivity contribution is 6.17. The quantitative estimate of drug-likeness (QED) is 0.632. The van der Waals surface area contributed by atoms with Crippen LogP contribution in [-0.2, 0) is 5.88 Å². The largest absolute Gasteiger partial charge is 0.295 e. The van der Waals surface area contributed by atoms with E-state index in [1.807, 2.05) is 30.3 Å². The van der Waals surface area contributed by atoms with Gasteiger partial charge in [-0.15, -0.1) is 11.6 Å². The van der Waals surface area contributed by atoms with Crippen LogP contribution >= 0.6 is 11.6 Å². The predicted molar refractivity (Wildman–Crippen MR) is 75.4 cm³/mol. The van der Waals surface area contributed by atoms with E-state index < -0.39 is 0 Å². The SMILES string of the molecule is Cc1cccc2nc(CCl)n(-c3ccccc3)c12. The third-order valence-electron chi connectivity index (χ3n) is 3.08. The lowest BCUT2D eigenvalue weighted by Crippen LogP contribution is -1.99. The molecular formula is C15H13ClN2. The number of hydrogen-bond acceptors (Lipinski definition) is 1. The highest BCUT2D eigenvalue weighted by Crippen LogP contribution is 2.25. The van der Waals surface area contributed by atoms with Gasteiger partial charge in [0.2, 0.25) is 0 Å². The van der Waals surface area contributed by atoms with Crippen molar-refractivity contribution in [1.29, 1.82) is 0 Å². The first-order valence-corrected chi connectivity index (χ1v) is 6.43. The van der Waals surface area contributed by atoms with Crippen LogP contribution in [0, 0.1) is 6.92 Å². The molecule has 2 nitrogen and oxygen atoms in total. The van der Waals surface area contributed by atoms with Crippen LogP contribution in [0.2, 0.25) is 0 Å². The summed E-state index contributed by atoms with van der Waals surface area (Å²) < 4.78 is 2.14. The van der Waals surface area contributed by atoms with E-state index in [1.165, 1.54) is 5.56 Å². The van der Waals surface area contributed by atoms with Gasteiger partial charge in [0.1, 0.15) is 5.82 Å². The number of hydrogen-bond donors (Lipinski definition) is 0. The lowest BCUT2D eigenvalue weighted by Gasteiger charge is -2.08. The average molecular weight is 257 g/mol. The van der Waals surface area contributed by atoms with E-state index in [2.05, 4.69) is 34.7 Å². The van der Waals surface area contributed by atoms with Crippen LogP contribution in [0.4, 0.5) is 0 Å². The van der Waals surface area contributed by atoms with E-state index in [0.29, 0.717) is 5.88 Å². The average Bonchev–Trinajstić information content (AvgIpc) is 2.79. The summed E-state index contributed by atoms with van der Waals surface area (Å²) in [6.07, 6.45) is 0. The van der Waals surface area contributed by atoms with Crippen molar-refractivity contribution in [3.8, 4) is 5.69 Å². The number of nitrogens with zero attached hydrogens (tertiary/aromatic N) is 2. The van der Waals surface area contributed by atoms with Crippen molar-refractivity contribution in [2.24, 2.45) is 0 Å². The van der Waals surface area contributed by atoms with Gasteiger partial charge in [-0.3, -0.25) is 4.57 Å². The van der Waals surface area contributed by atoms with Crippen LogP contribution in [-0.4, -0.2) is 9.55 Å². The van der Waals surface area contributed by atoms with Gasteiger partial charge in [0.15, 0.2) is 0 Å². The second-order valence-corrected chi connectivity index (χ2v) is 4.54. The number of fused-ring (bicyclic) bond motifs is 1. The molecule has 3 rings (SSSR count). The van der Waals surface area contributed by atoms with Gasteiger partial charge in [-0.05, 0) is 30.7 Å². The summed E-state index contributed by atoms with van der Waals surface area (Å²) in [6, 6.07) is 16.4. The van der Waals surface area contributed by atoms with Gasteiger partial charge >= 0.3 is 0 Å². The molecule has 90 valence electrons. The Bertz CT molecular complexity index is 686. The van der Waals surface area contributed by atoms with Crippen LogP contribution in [0.5, 0.6) is 0 Å². The number of halogens is 1. The molecule has 0 spiro atoms. The van der Waals surface area contributed by atoms with Crippen LogP contribution in [0.15, 0.2) is 48.5 Å². The molecule has 3 aromatic rings. The number of para-hydroxylation sites is 2. The Morgan fingerprint density at radius 1 is 1.06 bits per heavy atom. The van der Waals surface area contributed by atoms with Crippen molar-refractivity contribution in [2.75, 3.05) is 0 Å². The molecule has 0 fully saturated rings. The summed E-state index contributed by atoms with van der Waals surface area (Å²) >= 11 is 6.02. The molecule has 0 saturated heterocycles. The van der Waals surface area contributed by atoms with Crippen molar-refractivity contribution in [1.82, 2.24) is 9.55 Å². The van der Waals surface area contributed by atoms with Crippen LogP contribution < -0.4 is 0 Å². The molecule has 1 aromatic heterocycles. The lowest BCUT2D eigenvalue weighted by molar-refractivity contribution is 0.979. The van der Waals surface area contributed by atoms with Crippen molar-refractivity contribution in [2.45, 2.75) is 12.8 Å². The first kappa shape index (κ1) is 11.3. The van der Waals surface area contributed by atoms with Gasteiger partial charge in [0.25, 0.3) is 0 Å². The first-order valence-electron chi connectivity index (χ1n) is 5.89. The Labute approximate surface area is 111 Å². The van der Waals surface area contributed by atoms with E-state index in [0.717, 1.165) is 22.5 Å². The maximum Gasteiger partial charge on any atom is 0.129 e. The van der Waals surface area contributed by atoms with Crippen molar-refractivity contribution >= 4 is 22.6 Å². The molecule has 0 aliphatic carbocycles. The minimum atomic E-state index is 0.406. The Kier molecular flexibility index (Phi) is 2.80. The van der Waals surface area contributed by atoms with Crippen molar-refractivity contribution < 1.29 is 0 Å². The molecule has 0 amide bonds. The molecule has 0 bridgehead atoms. The number of aromatic nitrogens is 2. The Morgan fingerprint density at radius 3 is 2.56 bits per heavy atom. The second-order valence-electron chi connectivity index (χ2n) is 4.28. The summed E-state index contributed by atoms with van der Waals surface area (Å²) in [6.45, 7) is 2.10. The van der Waals surface area contributed by atoms with E-state index >= 15 is 0 Å². The number of aryl methyl sites for hydroxylation is 1. The van der Waals surface area contributed by atoms with Crippen LogP contribution in [0.3, 0.4) is 0 Å². The number of alkyl halides is 1. The zero-order chi connectivity index (χ0) is 12.5. The van der Waals surface area contributed by atoms with Gasteiger partial charge in [0, 0.05) is 5.69 Å². The number of imidazole rings is 1. The number of benzene rings is 2. The minimum absolute atomic E-state index is 0.406. The first-order chi connectivity index (χ1) is 8.81. The molecule has 0 radical (unpaired) electrons. The minimum Gasteiger partial charge on any atom is -0.295 e. The molecule has 18 heavy (non-hydrogen) atoms. The molecule has 2 aromatic carbocycles. The van der Waals surface area contributed by atoms with E-state index in [1.54, 1.807) is 0 Å². The fraction of sp³-hybridized carbons (Fsp3) is 0.133. The highest BCUT2D eigenvalue weighted by atomic mass is 35.5. The molecule has 0 atom stereocenters. The van der Waals surface area contributed by atoms with Gasteiger partial charge in [0.05, 0.1) is 16.9 Å². The summed E-state index contributed by atoms with van der Waals surface area (Å²) in [5.74, 6) is 1.29. The molecule has 0 aliphatic rings. The van der Waals surface area contributed by atoms with Crippen molar-refractivity contribution in [3.63, 3.8) is 0 Å². The third kappa shape index (κ3) is 1.70. The fourth-order valence-electron chi connectivity index (χ4n) is 2.29. The molecule has 0 N–H and O–H groups in total. The molecule has 1 heterocycles. The Morgan fingerprint density at radius 2 is 1.83 bits per heavy atom. The fourth-order valence-corrected chi connectivity index (χ4v) is 2.47. The molecular weight excluding hydrogens is 244 g/mol. The van der Waals surface area contributed by atoms with Gasteiger partial charge in [-0.1, -0.05) is 30.3 Å². The summed E-state index contributed by atoms with van der Waals surface area (Å²) in [5, 5.41) is 0. The highest BCUT2D eigenvalue weighted by Gasteiger charge is 2.12. The van der Waals surface area contributed by atoms with E-state index in [4.69, 9.17) is 11.6 Å². The maximum atomic E-state index is 6.02. The smallest absolute Gasteiger partial charge is 0.129 e. The zero-order valence-corrected chi connectivity index (χ0v) is 10.9. The van der Waals surface area contributed by atoms with Crippen LogP contribution in [0.1, 0.15) is 11.4 Å². The monoisotopic (exact) mass is 256 g/mol. The van der Waals surface area contributed by atoms with Crippen LogP contribution in [0.25, 0.3) is 16.7 Å². The molecule has 0 unspecified atom stereocenters. The summed E-state index contributed by atoms with van der Waals surface area (Å²) in [4.78, 5) is 4.60. The van der Waals surface area contributed by atoms with Gasteiger partial charge in [-0.25, -0.2) is 4.98 Å². The third-order valence-corrected chi connectivity index (χ3v) is 3.32. The standard InChI is InChI=1S/C15H13ClN2/c1-11-6-5-9-13-15(11)18(14(10-16)17-13)12-7-3-2-4-8-12/h2-9H,10H2,1H3. The lowest BCUT2D eigenvalue weighted by atomic mass is 10.2. The van der Waals surface area contributed by atoms with Crippen molar-refractivity contribution in [3.05, 3.63) is 59.9 Å². The maximum absolute atomic E-state index is 6.02. The predicted octanol–water partition coefficient (Wildman–Crippen LogP) is 4.07.